The summed E-state index contributed by atoms with van der Waals surface area (Å²) in [5.41, 5.74) is 18.3. The van der Waals surface area contributed by atoms with E-state index in [1.165, 1.54) is 83.2 Å². The molecule has 0 saturated heterocycles. The Hall–Kier alpha value is -6.96. The molecule has 9 aromatic rings. The Morgan fingerprint density at radius 1 is 0.339 bits per heavy atom. The summed E-state index contributed by atoms with van der Waals surface area (Å²) in [6.07, 6.45) is 0. The fraction of sp³-hybridized carbons (Fsp3) is 0.0545. The molecule has 0 aliphatic heterocycles. The standard InChI is InChI=1S/C55H41N/c1-55(2)51-23-14-24-52(53(51)50-37-49(44-19-10-5-11-20-44)47-21-12-13-22-48(47)54(50)55)56(45-33-29-42(30-34-45)39-17-8-4-9-18-39)46-35-31-43(32-36-46)41-27-25-40(26-28-41)38-15-6-3-7-16-38/h3-37H,1-2H3. The van der Waals surface area contributed by atoms with Crippen LogP contribution in [0.2, 0.25) is 0 Å². The minimum absolute atomic E-state index is 0.200. The molecule has 9 aromatic carbocycles. The minimum Gasteiger partial charge on any atom is -0.310 e. The molecule has 0 amide bonds. The molecule has 1 aliphatic rings. The molecule has 1 aliphatic carbocycles. The van der Waals surface area contributed by atoms with Crippen LogP contribution in [0.25, 0.3) is 66.4 Å². The topological polar surface area (TPSA) is 3.24 Å². The first-order valence-corrected chi connectivity index (χ1v) is 19.5. The van der Waals surface area contributed by atoms with Gasteiger partial charge in [0.05, 0.1) is 5.69 Å². The predicted molar refractivity (Wildman–Crippen MR) is 238 cm³/mol. The summed E-state index contributed by atoms with van der Waals surface area (Å²) >= 11 is 0. The van der Waals surface area contributed by atoms with Gasteiger partial charge in [-0.3, -0.25) is 0 Å². The molecule has 10 rings (SSSR count). The lowest BCUT2D eigenvalue weighted by molar-refractivity contribution is 0.666. The van der Waals surface area contributed by atoms with Gasteiger partial charge in [0.25, 0.3) is 0 Å². The van der Waals surface area contributed by atoms with Crippen molar-refractivity contribution in [2.75, 3.05) is 4.90 Å². The largest absolute Gasteiger partial charge is 0.310 e. The van der Waals surface area contributed by atoms with Crippen molar-refractivity contribution in [3.05, 3.63) is 223 Å². The van der Waals surface area contributed by atoms with Gasteiger partial charge in [0.2, 0.25) is 0 Å². The van der Waals surface area contributed by atoms with E-state index in [-0.39, 0.29) is 5.41 Å². The first kappa shape index (κ1) is 33.6. The van der Waals surface area contributed by atoms with E-state index in [4.69, 9.17) is 0 Å². The molecule has 1 nitrogen and oxygen atoms in total. The van der Waals surface area contributed by atoms with Crippen molar-refractivity contribution >= 4 is 27.8 Å². The number of hydrogen-bond acceptors (Lipinski definition) is 1. The van der Waals surface area contributed by atoms with Gasteiger partial charge >= 0.3 is 0 Å². The average molecular weight is 716 g/mol. The molecular weight excluding hydrogens is 675 g/mol. The van der Waals surface area contributed by atoms with E-state index in [0.717, 1.165) is 11.4 Å². The third-order valence-electron chi connectivity index (χ3n) is 11.7. The van der Waals surface area contributed by atoms with Crippen LogP contribution >= 0.6 is 0 Å². The highest BCUT2D eigenvalue weighted by molar-refractivity contribution is 6.08. The second kappa shape index (κ2) is 13.7. The molecular formula is C55H41N. The van der Waals surface area contributed by atoms with Gasteiger partial charge in [0.1, 0.15) is 0 Å². The normalized spacial score (nSPS) is 12.6. The maximum atomic E-state index is 2.46. The van der Waals surface area contributed by atoms with Crippen molar-refractivity contribution < 1.29 is 0 Å². The van der Waals surface area contributed by atoms with Gasteiger partial charge in [-0.05, 0) is 108 Å². The molecule has 0 N–H and O–H groups in total. The quantitative estimate of drug-likeness (QED) is 0.159. The van der Waals surface area contributed by atoms with Crippen LogP contribution in [0.5, 0.6) is 0 Å². The Bertz CT molecular complexity index is 2820. The number of anilines is 3. The van der Waals surface area contributed by atoms with Crippen LogP contribution in [0.1, 0.15) is 25.0 Å². The Labute approximate surface area is 329 Å². The van der Waals surface area contributed by atoms with Gasteiger partial charge in [0, 0.05) is 22.4 Å². The molecule has 0 atom stereocenters. The Kier molecular flexibility index (Phi) is 8.23. The van der Waals surface area contributed by atoms with Crippen LogP contribution in [-0.4, -0.2) is 0 Å². The van der Waals surface area contributed by atoms with E-state index in [1.54, 1.807) is 0 Å². The zero-order valence-corrected chi connectivity index (χ0v) is 31.7. The number of benzene rings is 9. The molecule has 0 bridgehead atoms. The lowest BCUT2D eigenvalue weighted by Crippen LogP contribution is -2.16. The maximum absolute atomic E-state index is 2.46. The molecule has 0 radical (unpaired) electrons. The van der Waals surface area contributed by atoms with Crippen molar-refractivity contribution in [2.45, 2.75) is 19.3 Å². The third kappa shape index (κ3) is 5.72. The van der Waals surface area contributed by atoms with Crippen LogP contribution in [0.4, 0.5) is 17.1 Å². The Balaban J connectivity index is 1.14. The van der Waals surface area contributed by atoms with Crippen LogP contribution in [0, 0.1) is 0 Å². The summed E-state index contributed by atoms with van der Waals surface area (Å²) in [5.74, 6) is 0. The fourth-order valence-corrected chi connectivity index (χ4v) is 8.92. The SMILES string of the molecule is CC1(C)c2cccc(N(c3ccc(-c4ccccc4)cc3)c3ccc(-c4ccc(-c5ccccc5)cc4)cc3)c2-c2cc(-c3ccccc3)c3ccccc3c21. The van der Waals surface area contributed by atoms with E-state index in [1.807, 2.05) is 0 Å². The van der Waals surface area contributed by atoms with Gasteiger partial charge in [-0.1, -0.05) is 190 Å². The van der Waals surface area contributed by atoms with Gasteiger partial charge < -0.3 is 4.90 Å². The maximum Gasteiger partial charge on any atom is 0.0543 e. The van der Waals surface area contributed by atoms with Crippen molar-refractivity contribution in [1.82, 2.24) is 0 Å². The molecule has 0 heterocycles. The summed E-state index contributed by atoms with van der Waals surface area (Å²) in [6, 6.07) is 77.4. The number of nitrogens with zero attached hydrogens (tertiary/aromatic N) is 1. The zero-order valence-electron chi connectivity index (χ0n) is 31.7. The summed E-state index contributed by atoms with van der Waals surface area (Å²) in [5, 5.41) is 2.61. The summed E-state index contributed by atoms with van der Waals surface area (Å²) in [6.45, 7) is 4.79. The van der Waals surface area contributed by atoms with Gasteiger partial charge in [0.15, 0.2) is 0 Å². The van der Waals surface area contributed by atoms with Crippen LogP contribution in [0.3, 0.4) is 0 Å². The lowest BCUT2D eigenvalue weighted by atomic mass is 9.79. The van der Waals surface area contributed by atoms with E-state index >= 15 is 0 Å². The van der Waals surface area contributed by atoms with Crippen molar-refractivity contribution in [3.8, 4) is 55.6 Å². The molecule has 56 heavy (non-hydrogen) atoms. The van der Waals surface area contributed by atoms with Crippen molar-refractivity contribution in [1.29, 1.82) is 0 Å². The average Bonchev–Trinajstić information content (AvgIpc) is 3.51. The monoisotopic (exact) mass is 715 g/mol. The minimum atomic E-state index is -0.200. The third-order valence-corrected chi connectivity index (χ3v) is 11.7. The van der Waals surface area contributed by atoms with Crippen LogP contribution < -0.4 is 4.90 Å². The molecule has 1 heteroatoms. The highest BCUT2D eigenvalue weighted by atomic mass is 15.1. The molecule has 0 saturated carbocycles. The first-order chi connectivity index (χ1) is 27.5. The summed E-state index contributed by atoms with van der Waals surface area (Å²) < 4.78 is 0. The van der Waals surface area contributed by atoms with E-state index < -0.39 is 0 Å². The second-order valence-corrected chi connectivity index (χ2v) is 15.3. The molecule has 266 valence electrons. The summed E-state index contributed by atoms with van der Waals surface area (Å²) in [7, 11) is 0. The predicted octanol–water partition coefficient (Wildman–Crippen LogP) is 15.3. The van der Waals surface area contributed by atoms with E-state index in [2.05, 4.69) is 231 Å². The molecule has 0 aromatic heterocycles. The molecule has 0 spiro atoms. The number of hydrogen-bond donors (Lipinski definition) is 0. The van der Waals surface area contributed by atoms with Crippen molar-refractivity contribution in [2.24, 2.45) is 0 Å². The second-order valence-electron chi connectivity index (χ2n) is 15.3. The van der Waals surface area contributed by atoms with Crippen LogP contribution in [-0.2, 0) is 5.41 Å². The van der Waals surface area contributed by atoms with Gasteiger partial charge in [-0.15, -0.1) is 0 Å². The molecule has 0 fully saturated rings. The first-order valence-electron chi connectivity index (χ1n) is 19.5. The molecule has 0 unspecified atom stereocenters. The van der Waals surface area contributed by atoms with E-state index in [0.29, 0.717) is 0 Å². The van der Waals surface area contributed by atoms with Gasteiger partial charge in [-0.25, -0.2) is 0 Å². The Morgan fingerprint density at radius 2 is 0.750 bits per heavy atom. The highest BCUT2D eigenvalue weighted by Crippen LogP contribution is 2.57. The number of rotatable bonds is 7. The van der Waals surface area contributed by atoms with Crippen molar-refractivity contribution in [3.63, 3.8) is 0 Å². The van der Waals surface area contributed by atoms with Crippen LogP contribution in [0.15, 0.2) is 212 Å². The zero-order chi connectivity index (χ0) is 37.6. The smallest absolute Gasteiger partial charge is 0.0543 e. The lowest BCUT2D eigenvalue weighted by Gasteiger charge is -2.29. The Morgan fingerprint density at radius 3 is 1.25 bits per heavy atom. The van der Waals surface area contributed by atoms with E-state index in [9.17, 15) is 0 Å². The fourth-order valence-electron chi connectivity index (χ4n) is 8.92. The van der Waals surface area contributed by atoms with Gasteiger partial charge in [-0.2, -0.15) is 0 Å². The number of fused-ring (bicyclic) bond motifs is 5. The summed E-state index contributed by atoms with van der Waals surface area (Å²) in [4.78, 5) is 2.46. The highest BCUT2D eigenvalue weighted by Gasteiger charge is 2.40.